The summed E-state index contributed by atoms with van der Waals surface area (Å²) < 4.78 is 0. The van der Waals surface area contributed by atoms with Crippen molar-refractivity contribution in [3.05, 3.63) is 22.4 Å². The SMILES string of the molecule is CN=C(NCC1CCCS1)NCC(C)(C)c1cccs1. The fraction of sp³-hybridized carbons (Fsp3) is 0.667. The Labute approximate surface area is 130 Å². The van der Waals surface area contributed by atoms with Gasteiger partial charge in [-0.3, -0.25) is 4.99 Å². The van der Waals surface area contributed by atoms with E-state index in [1.165, 1.54) is 23.5 Å². The quantitative estimate of drug-likeness (QED) is 0.648. The number of nitrogens with one attached hydrogen (secondary N) is 2. The molecule has 20 heavy (non-hydrogen) atoms. The molecule has 2 heterocycles. The van der Waals surface area contributed by atoms with Crippen LogP contribution < -0.4 is 10.6 Å². The molecule has 0 bridgehead atoms. The second-order valence-electron chi connectivity index (χ2n) is 5.80. The number of guanidine groups is 1. The predicted octanol–water partition coefficient (Wildman–Crippen LogP) is 3.09. The fourth-order valence-electron chi connectivity index (χ4n) is 2.29. The molecule has 0 spiro atoms. The third-order valence-corrected chi connectivity index (χ3v) is 6.26. The Morgan fingerprint density at radius 3 is 2.90 bits per heavy atom. The van der Waals surface area contributed by atoms with Crippen LogP contribution in [0.5, 0.6) is 0 Å². The molecule has 3 nitrogen and oxygen atoms in total. The van der Waals surface area contributed by atoms with Gasteiger partial charge in [0.2, 0.25) is 0 Å². The van der Waals surface area contributed by atoms with Crippen LogP contribution in [-0.2, 0) is 5.41 Å². The van der Waals surface area contributed by atoms with E-state index in [0.29, 0.717) is 0 Å². The van der Waals surface area contributed by atoms with Crippen LogP contribution in [0.3, 0.4) is 0 Å². The lowest BCUT2D eigenvalue weighted by molar-refractivity contribution is 0.518. The first-order valence-corrected chi connectivity index (χ1v) is 9.15. The fourth-order valence-corrected chi connectivity index (χ4v) is 4.35. The number of hydrogen-bond acceptors (Lipinski definition) is 3. The zero-order chi connectivity index (χ0) is 14.4. The Morgan fingerprint density at radius 2 is 2.30 bits per heavy atom. The van der Waals surface area contributed by atoms with Gasteiger partial charge in [0.1, 0.15) is 0 Å². The average molecular weight is 312 g/mol. The number of hydrogen-bond donors (Lipinski definition) is 2. The molecule has 1 unspecified atom stereocenters. The van der Waals surface area contributed by atoms with Crippen LogP contribution in [0.4, 0.5) is 0 Å². The summed E-state index contributed by atoms with van der Waals surface area (Å²) in [5, 5.41) is 9.80. The molecular formula is C15H25N3S2. The van der Waals surface area contributed by atoms with Crippen molar-refractivity contribution in [3.8, 4) is 0 Å². The Balaban J connectivity index is 1.78. The first-order valence-electron chi connectivity index (χ1n) is 7.22. The van der Waals surface area contributed by atoms with Crippen molar-refractivity contribution in [1.29, 1.82) is 0 Å². The molecular weight excluding hydrogens is 286 g/mol. The highest BCUT2D eigenvalue weighted by Gasteiger charge is 2.22. The number of thiophene rings is 1. The molecule has 0 aromatic carbocycles. The molecule has 0 amide bonds. The van der Waals surface area contributed by atoms with E-state index >= 15 is 0 Å². The molecule has 1 aromatic heterocycles. The lowest BCUT2D eigenvalue weighted by atomic mass is 9.91. The summed E-state index contributed by atoms with van der Waals surface area (Å²) in [5.74, 6) is 2.23. The lowest BCUT2D eigenvalue weighted by Crippen LogP contribution is -2.44. The average Bonchev–Trinajstić information content (AvgIpc) is 3.12. The van der Waals surface area contributed by atoms with Crippen molar-refractivity contribution in [2.75, 3.05) is 25.9 Å². The van der Waals surface area contributed by atoms with Gasteiger partial charge in [-0.2, -0.15) is 11.8 Å². The largest absolute Gasteiger partial charge is 0.356 e. The van der Waals surface area contributed by atoms with Crippen molar-refractivity contribution >= 4 is 29.1 Å². The minimum atomic E-state index is 0.133. The Morgan fingerprint density at radius 1 is 1.45 bits per heavy atom. The Bertz CT molecular complexity index is 420. The number of thioether (sulfide) groups is 1. The molecule has 5 heteroatoms. The lowest BCUT2D eigenvalue weighted by Gasteiger charge is -2.25. The number of aliphatic imine (C=N–C) groups is 1. The van der Waals surface area contributed by atoms with Crippen LogP contribution >= 0.6 is 23.1 Å². The van der Waals surface area contributed by atoms with Crippen molar-refractivity contribution in [1.82, 2.24) is 10.6 Å². The molecule has 1 aliphatic rings. The van der Waals surface area contributed by atoms with Crippen LogP contribution in [0.15, 0.2) is 22.5 Å². The maximum Gasteiger partial charge on any atom is 0.191 e. The van der Waals surface area contributed by atoms with Crippen molar-refractivity contribution in [2.45, 2.75) is 37.4 Å². The molecule has 0 aliphatic carbocycles. The second kappa shape index (κ2) is 7.36. The van der Waals surface area contributed by atoms with Crippen LogP contribution in [0.2, 0.25) is 0 Å². The highest BCUT2D eigenvalue weighted by molar-refractivity contribution is 8.00. The summed E-state index contributed by atoms with van der Waals surface area (Å²) in [6.45, 7) is 6.45. The van der Waals surface area contributed by atoms with E-state index < -0.39 is 0 Å². The molecule has 1 atom stereocenters. The third-order valence-electron chi connectivity index (χ3n) is 3.63. The first kappa shape index (κ1) is 15.7. The van der Waals surface area contributed by atoms with Crippen molar-refractivity contribution in [2.24, 2.45) is 4.99 Å². The summed E-state index contributed by atoms with van der Waals surface area (Å²) in [4.78, 5) is 5.73. The monoisotopic (exact) mass is 311 g/mol. The summed E-state index contributed by atoms with van der Waals surface area (Å²) in [5.41, 5.74) is 0.133. The van der Waals surface area contributed by atoms with E-state index in [9.17, 15) is 0 Å². The molecule has 1 aliphatic heterocycles. The molecule has 2 rings (SSSR count). The van der Waals surface area contributed by atoms with Crippen LogP contribution in [-0.4, -0.2) is 37.1 Å². The molecule has 1 fully saturated rings. The summed E-state index contributed by atoms with van der Waals surface area (Å²) >= 11 is 3.89. The summed E-state index contributed by atoms with van der Waals surface area (Å²) in [6, 6.07) is 4.32. The molecule has 0 radical (unpaired) electrons. The molecule has 0 saturated carbocycles. The molecule has 1 saturated heterocycles. The summed E-state index contributed by atoms with van der Waals surface area (Å²) in [7, 11) is 1.84. The van der Waals surface area contributed by atoms with E-state index in [1.807, 2.05) is 18.4 Å². The van der Waals surface area contributed by atoms with Crippen LogP contribution in [0.1, 0.15) is 31.6 Å². The van der Waals surface area contributed by atoms with E-state index in [2.05, 4.69) is 58.7 Å². The van der Waals surface area contributed by atoms with Crippen molar-refractivity contribution < 1.29 is 0 Å². The maximum atomic E-state index is 4.32. The molecule has 2 N–H and O–H groups in total. The van der Waals surface area contributed by atoms with E-state index in [1.54, 1.807) is 0 Å². The normalized spacial score (nSPS) is 20.1. The first-order chi connectivity index (χ1) is 9.62. The van der Waals surface area contributed by atoms with Crippen LogP contribution in [0.25, 0.3) is 0 Å². The molecule has 112 valence electrons. The minimum Gasteiger partial charge on any atom is -0.356 e. The van der Waals surface area contributed by atoms with Gasteiger partial charge in [0, 0.05) is 35.7 Å². The van der Waals surface area contributed by atoms with Crippen LogP contribution in [0, 0.1) is 0 Å². The standard InChI is InChI=1S/C15H25N3S2/c1-15(2,13-7-5-9-20-13)11-18-14(16-3)17-10-12-6-4-8-19-12/h5,7,9,12H,4,6,8,10-11H2,1-3H3,(H2,16,17,18). The Hall–Kier alpha value is -0.680. The van der Waals surface area contributed by atoms with E-state index in [4.69, 9.17) is 0 Å². The van der Waals surface area contributed by atoms with Gasteiger partial charge in [0.15, 0.2) is 5.96 Å². The highest BCUT2D eigenvalue weighted by Crippen LogP contribution is 2.27. The van der Waals surface area contributed by atoms with Gasteiger partial charge in [-0.05, 0) is 30.0 Å². The maximum absolute atomic E-state index is 4.32. The Kier molecular flexibility index (Phi) is 5.78. The zero-order valence-corrected chi connectivity index (χ0v) is 14.2. The van der Waals surface area contributed by atoms with Gasteiger partial charge in [0.25, 0.3) is 0 Å². The van der Waals surface area contributed by atoms with Gasteiger partial charge in [-0.25, -0.2) is 0 Å². The van der Waals surface area contributed by atoms with Crippen molar-refractivity contribution in [3.63, 3.8) is 0 Å². The third kappa shape index (κ3) is 4.42. The molecule has 1 aromatic rings. The highest BCUT2D eigenvalue weighted by atomic mass is 32.2. The predicted molar refractivity (Wildman–Crippen MR) is 92.2 cm³/mol. The van der Waals surface area contributed by atoms with Gasteiger partial charge in [0.05, 0.1) is 0 Å². The van der Waals surface area contributed by atoms with E-state index in [-0.39, 0.29) is 5.41 Å². The zero-order valence-electron chi connectivity index (χ0n) is 12.6. The van der Waals surface area contributed by atoms with Gasteiger partial charge >= 0.3 is 0 Å². The van der Waals surface area contributed by atoms with Gasteiger partial charge in [-0.15, -0.1) is 11.3 Å². The van der Waals surface area contributed by atoms with Gasteiger partial charge in [-0.1, -0.05) is 19.9 Å². The second-order valence-corrected chi connectivity index (χ2v) is 8.16. The number of nitrogens with zero attached hydrogens (tertiary/aromatic N) is 1. The minimum absolute atomic E-state index is 0.133. The smallest absolute Gasteiger partial charge is 0.191 e. The topological polar surface area (TPSA) is 36.4 Å². The van der Waals surface area contributed by atoms with E-state index in [0.717, 1.165) is 24.3 Å². The number of rotatable bonds is 5. The summed E-state index contributed by atoms with van der Waals surface area (Å²) in [6.07, 6.45) is 2.68. The van der Waals surface area contributed by atoms with Gasteiger partial charge < -0.3 is 10.6 Å².